The summed E-state index contributed by atoms with van der Waals surface area (Å²) in [6, 6.07) is 9.08. The molecule has 0 bridgehead atoms. The normalized spacial score (nSPS) is 10.2. The van der Waals surface area contributed by atoms with Gasteiger partial charge in [0, 0.05) is 18.5 Å². The van der Waals surface area contributed by atoms with Crippen LogP contribution in [0.25, 0.3) is 5.82 Å². The molecule has 0 fully saturated rings. The first-order valence-electron chi connectivity index (χ1n) is 7.23. The van der Waals surface area contributed by atoms with Crippen LogP contribution in [0.5, 0.6) is 5.75 Å². The molecule has 0 saturated carbocycles. The molecule has 0 aliphatic carbocycles. The van der Waals surface area contributed by atoms with Crippen LogP contribution in [0.1, 0.15) is 0 Å². The lowest BCUT2D eigenvalue weighted by Gasteiger charge is -2.08. The molecule has 126 valence electrons. The number of imidazole rings is 1. The molecule has 3 rings (SSSR count). The number of aromatic nitrogens is 3. The summed E-state index contributed by atoms with van der Waals surface area (Å²) in [6.45, 7) is -0.273. The second kappa shape index (κ2) is 7.21. The highest BCUT2D eigenvalue weighted by Crippen LogP contribution is 2.19. The first kappa shape index (κ1) is 16.1. The molecule has 9 heteroatoms. The zero-order valence-corrected chi connectivity index (χ0v) is 12.9. The molecule has 2 heterocycles. The molecule has 0 aliphatic rings. The van der Waals surface area contributed by atoms with E-state index in [-0.39, 0.29) is 18.0 Å². The third-order valence-electron chi connectivity index (χ3n) is 3.20. The van der Waals surface area contributed by atoms with Crippen molar-refractivity contribution in [2.24, 2.45) is 0 Å². The Morgan fingerprint density at radius 2 is 2.20 bits per heavy atom. The maximum absolute atomic E-state index is 11.9. The maximum Gasteiger partial charge on any atom is 0.273 e. The van der Waals surface area contributed by atoms with Gasteiger partial charge in [0.25, 0.3) is 11.6 Å². The van der Waals surface area contributed by atoms with E-state index in [2.05, 4.69) is 15.3 Å². The number of hydrogen-bond acceptors (Lipinski definition) is 6. The largest absolute Gasteiger partial charge is 0.484 e. The molecule has 3 aromatic rings. The average molecular weight is 339 g/mol. The molecule has 0 atom stereocenters. The van der Waals surface area contributed by atoms with E-state index in [0.29, 0.717) is 11.5 Å². The number of pyridine rings is 1. The van der Waals surface area contributed by atoms with Crippen LogP contribution in [-0.4, -0.2) is 32.0 Å². The number of ether oxygens (including phenoxy) is 1. The third kappa shape index (κ3) is 4.16. The summed E-state index contributed by atoms with van der Waals surface area (Å²) < 4.78 is 7.00. The molecular formula is C16H13N5O4. The summed E-state index contributed by atoms with van der Waals surface area (Å²) in [5, 5.41) is 13.3. The number of hydrogen-bond donors (Lipinski definition) is 1. The highest BCUT2D eigenvalue weighted by molar-refractivity contribution is 5.91. The summed E-state index contributed by atoms with van der Waals surface area (Å²) in [4.78, 5) is 30.2. The lowest BCUT2D eigenvalue weighted by Crippen LogP contribution is -2.20. The van der Waals surface area contributed by atoms with Crippen molar-refractivity contribution in [2.75, 3.05) is 11.9 Å². The van der Waals surface area contributed by atoms with Gasteiger partial charge < -0.3 is 10.1 Å². The number of nitro benzene ring substituents is 1. The number of rotatable bonds is 6. The average Bonchev–Trinajstić information content (AvgIpc) is 3.15. The van der Waals surface area contributed by atoms with E-state index < -0.39 is 10.8 Å². The van der Waals surface area contributed by atoms with Gasteiger partial charge >= 0.3 is 0 Å². The minimum Gasteiger partial charge on any atom is -0.484 e. The van der Waals surface area contributed by atoms with Gasteiger partial charge in [-0.1, -0.05) is 6.07 Å². The fourth-order valence-corrected chi connectivity index (χ4v) is 2.04. The molecular weight excluding hydrogens is 326 g/mol. The standard InChI is InChI=1S/C16H13N5O4/c22-16(10-25-14-3-1-2-13(8-14)21(23)24)19-12-4-5-15(18-9-12)20-7-6-17-11-20/h1-9,11H,10H2,(H,19,22). The third-order valence-corrected chi connectivity index (χ3v) is 3.20. The van der Waals surface area contributed by atoms with Gasteiger partial charge in [0.1, 0.15) is 17.9 Å². The van der Waals surface area contributed by atoms with Crippen LogP contribution in [0.2, 0.25) is 0 Å². The zero-order chi connectivity index (χ0) is 17.6. The molecule has 0 unspecified atom stereocenters. The van der Waals surface area contributed by atoms with Crippen molar-refractivity contribution in [3.8, 4) is 11.6 Å². The summed E-state index contributed by atoms with van der Waals surface area (Å²) in [7, 11) is 0. The number of anilines is 1. The van der Waals surface area contributed by atoms with Gasteiger partial charge in [-0.3, -0.25) is 19.5 Å². The fraction of sp³-hybridized carbons (Fsp3) is 0.0625. The van der Waals surface area contributed by atoms with E-state index in [1.54, 1.807) is 41.5 Å². The lowest BCUT2D eigenvalue weighted by atomic mass is 10.3. The molecule has 2 aromatic heterocycles. The van der Waals surface area contributed by atoms with Crippen molar-refractivity contribution in [1.82, 2.24) is 14.5 Å². The van der Waals surface area contributed by atoms with Crippen molar-refractivity contribution >= 4 is 17.3 Å². The van der Waals surface area contributed by atoms with Gasteiger partial charge in [0.2, 0.25) is 0 Å². The van der Waals surface area contributed by atoms with Crippen LogP contribution >= 0.6 is 0 Å². The second-order valence-corrected chi connectivity index (χ2v) is 4.97. The molecule has 1 amide bonds. The van der Waals surface area contributed by atoms with Crippen LogP contribution < -0.4 is 10.1 Å². The van der Waals surface area contributed by atoms with E-state index in [4.69, 9.17) is 4.74 Å². The predicted octanol–water partition coefficient (Wildman–Crippen LogP) is 2.19. The Morgan fingerprint density at radius 3 is 2.88 bits per heavy atom. The summed E-state index contributed by atoms with van der Waals surface area (Å²) in [6.07, 6.45) is 6.53. The molecule has 9 nitrogen and oxygen atoms in total. The van der Waals surface area contributed by atoms with Gasteiger partial charge in [-0.25, -0.2) is 9.97 Å². The highest BCUT2D eigenvalue weighted by Gasteiger charge is 2.09. The van der Waals surface area contributed by atoms with Gasteiger partial charge in [0.05, 0.1) is 22.9 Å². The Balaban J connectivity index is 1.56. The van der Waals surface area contributed by atoms with E-state index in [0.717, 1.165) is 0 Å². The van der Waals surface area contributed by atoms with Crippen LogP contribution in [-0.2, 0) is 4.79 Å². The monoisotopic (exact) mass is 339 g/mol. The van der Waals surface area contributed by atoms with Crippen LogP contribution in [0, 0.1) is 10.1 Å². The number of nitrogens with zero attached hydrogens (tertiary/aromatic N) is 4. The smallest absolute Gasteiger partial charge is 0.273 e. The second-order valence-electron chi connectivity index (χ2n) is 4.97. The van der Waals surface area contributed by atoms with Crippen molar-refractivity contribution in [3.63, 3.8) is 0 Å². The summed E-state index contributed by atoms with van der Waals surface area (Å²) >= 11 is 0. The van der Waals surface area contributed by atoms with Gasteiger partial charge in [-0.2, -0.15) is 0 Å². The first-order chi connectivity index (χ1) is 12.1. The van der Waals surface area contributed by atoms with Crippen LogP contribution in [0.3, 0.4) is 0 Å². The maximum atomic E-state index is 11.9. The Kier molecular flexibility index (Phi) is 4.65. The van der Waals surface area contributed by atoms with Crippen LogP contribution in [0.15, 0.2) is 61.3 Å². The number of non-ortho nitro benzene ring substituents is 1. The Morgan fingerprint density at radius 1 is 1.32 bits per heavy atom. The van der Waals surface area contributed by atoms with Crippen molar-refractivity contribution in [3.05, 3.63) is 71.4 Å². The number of amides is 1. The first-order valence-corrected chi connectivity index (χ1v) is 7.23. The molecule has 25 heavy (non-hydrogen) atoms. The lowest BCUT2D eigenvalue weighted by molar-refractivity contribution is -0.384. The minimum atomic E-state index is -0.527. The van der Waals surface area contributed by atoms with Gasteiger partial charge in [0.15, 0.2) is 6.61 Å². The SMILES string of the molecule is O=C(COc1cccc([N+](=O)[O-])c1)Nc1ccc(-n2ccnc2)nc1. The number of benzene rings is 1. The number of carbonyl (C=O) groups excluding carboxylic acids is 1. The number of nitro groups is 1. The quantitative estimate of drug-likeness (QED) is 0.544. The van der Waals surface area contributed by atoms with E-state index in [1.807, 2.05) is 0 Å². The van der Waals surface area contributed by atoms with Gasteiger partial charge in [-0.05, 0) is 18.2 Å². The Bertz CT molecular complexity index is 878. The minimum absolute atomic E-state index is 0.0998. The number of carbonyl (C=O) groups is 1. The summed E-state index contributed by atoms with van der Waals surface area (Å²) in [5.41, 5.74) is 0.411. The Labute approximate surface area is 142 Å². The Hall–Kier alpha value is -3.75. The molecule has 0 spiro atoms. The number of nitrogens with one attached hydrogen (secondary N) is 1. The summed E-state index contributed by atoms with van der Waals surface area (Å²) in [5.74, 6) is 0.518. The molecule has 0 saturated heterocycles. The highest BCUT2D eigenvalue weighted by atomic mass is 16.6. The molecule has 1 aromatic carbocycles. The zero-order valence-electron chi connectivity index (χ0n) is 12.9. The van der Waals surface area contributed by atoms with Gasteiger partial charge in [-0.15, -0.1) is 0 Å². The molecule has 0 aliphatic heterocycles. The van der Waals surface area contributed by atoms with Crippen molar-refractivity contribution in [2.45, 2.75) is 0 Å². The van der Waals surface area contributed by atoms with E-state index >= 15 is 0 Å². The van der Waals surface area contributed by atoms with Crippen LogP contribution in [0.4, 0.5) is 11.4 Å². The van der Waals surface area contributed by atoms with E-state index in [9.17, 15) is 14.9 Å². The molecule has 1 N–H and O–H groups in total. The molecule has 0 radical (unpaired) electrons. The van der Waals surface area contributed by atoms with Crippen molar-refractivity contribution < 1.29 is 14.5 Å². The van der Waals surface area contributed by atoms with E-state index in [1.165, 1.54) is 24.4 Å². The fourth-order valence-electron chi connectivity index (χ4n) is 2.04. The predicted molar refractivity (Wildman–Crippen MR) is 88.6 cm³/mol. The topological polar surface area (TPSA) is 112 Å². The van der Waals surface area contributed by atoms with Crippen molar-refractivity contribution in [1.29, 1.82) is 0 Å².